The van der Waals surface area contributed by atoms with Crippen LogP contribution < -0.4 is 11.1 Å². The van der Waals surface area contributed by atoms with Gasteiger partial charge in [-0.3, -0.25) is 5.73 Å². The van der Waals surface area contributed by atoms with E-state index in [0.29, 0.717) is 0 Å². The third-order valence-electron chi connectivity index (χ3n) is 1.27. The molecule has 0 saturated carbocycles. The van der Waals surface area contributed by atoms with E-state index in [9.17, 15) is 4.79 Å². The molecule has 1 aliphatic heterocycles. The monoisotopic (exact) mass is 189 g/mol. The van der Waals surface area contributed by atoms with Crippen LogP contribution >= 0.6 is 11.8 Å². The van der Waals surface area contributed by atoms with Gasteiger partial charge in [0.2, 0.25) is 5.71 Å². The Labute approximate surface area is 72.1 Å². The minimum atomic E-state index is -1.36. The van der Waals surface area contributed by atoms with Crippen LogP contribution in [0, 0.1) is 0 Å². The summed E-state index contributed by atoms with van der Waals surface area (Å²) in [6.07, 6.45) is 1.48. The summed E-state index contributed by atoms with van der Waals surface area (Å²) in [5.41, 5.74) is 5.00. The first-order valence-electron chi connectivity index (χ1n) is 2.95. The SMILES string of the molecule is NC1(C(=NO)C(=O)O)NC=CS1. The fraction of sp³-hybridized carbons (Fsp3) is 0.200. The first-order chi connectivity index (χ1) is 5.60. The van der Waals surface area contributed by atoms with Crippen LogP contribution in [0.25, 0.3) is 0 Å². The Morgan fingerprint density at radius 1 is 1.75 bits per heavy atom. The molecule has 0 radical (unpaired) electrons. The average Bonchev–Trinajstić information content (AvgIpc) is 2.37. The Balaban J connectivity index is 2.87. The number of aliphatic carboxylic acids is 1. The van der Waals surface area contributed by atoms with E-state index >= 15 is 0 Å². The molecule has 0 bridgehead atoms. The number of carbonyl (C=O) groups is 1. The molecule has 7 heteroatoms. The maximum absolute atomic E-state index is 10.5. The fourth-order valence-electron chi connectivity index (χ4n) is 0.733. The predicted octanol–water partition coefficient (Wildman–Crippen LogP) is -0.679. The van der Waals surface area contributed by atoms with E-state index in [1.54, 1.807) is 5.41 Å². The number of rotatable bonds is 2. The summed E-state index contributed by atoms with van der Waals surface area (Å²) in [6.45, 7) is 0. The molecule has 5 N–H and O–H groups in total. The molecule has 1 heterocycles. The molecule has 1 aliphatic rings. The van der Waals surface area contributed by atoms with Gasteiger partial charge in [-0.15, -0.1) is 0 Å². The second-order valence-electron chi connectivity index (χ2n) is 2.05. The predicted molar refractivity (Wildman–Crippen MR) is 43.6 cm³/mol. The largest absolute Gasteiger partial charge is 0.477 e. The zero-order valence-electron chi connectivity index (χ0n) is 5.89. The van der Waals surface area contributed by atoms with Crippen LogP contribution in [0.5, 0.6) is 0 Å². The lowest BCUT2D eigenvalue weighted by molar-refractivity contribution is -0.129. The highest BCUT2D eigenvalue weighted by molar-refractivity contribution is 8.04. The van der Waals surface area contributed by atoms with Crippen molar-refractivity contribution in [3.05, 3.63) is 11.6 Å². The van der Waals surface area contributed by atoms with E-state index in [0.717, 1.165) is 11.8 Å². The summed E-state index contributed by atoms with van der Waals surface area (Å²) < 4.78 is 0. The quantitative estimate of drug-likeness (QED) is 0.260. The number of thioether (sulfide) groups is 1. The summed E-state index contributed by atoms with van der Waals surface area (Å²) in [5, 5.41) is 23.7. The van der Waals surface area contributed by atoms with Crippen molar-refractivity contribution >= 4 is 23.4 Å². The lowest BCUT2D eigenvalue weighted by atomic mass is 10.3. The number of oxime groups is 1. The molecule has 12 heavy (non-hydrogen) atoms. The van der Waals surface area contributed by atoms with E-state index in [1.807, 2.05) is 0 Å². The summed E-state index contributed by atoms with van der Waals surface area (Å²) >= 11 is 1.02. The van der Waals surface area contributed by atoms with E-state index in [1.165, 1.54) is 6.20 Å². The van der Waals surface area contributed by atoms with Crippen molar-refractivity contribution in [3.63, 3.8) is 0 Å². The molecule has 66 valence electrons. The van der Waals surface area contributed by atoms with Gasteiger partial charge in [0, 0.05) is 6.20 Å². The maximum Gasteiger partial charge on any atom is 0.358 e. The zero-order chi connectivity index (χ0) is 9.19. The van der Waals surface area contributed by atoms with Gasteiger partial charge in [-0.1, -0.05) is 16.9 Å². The standard InChI is InChI=1S/C5H7N3O3S/c6-5(7-1-2-12-5)3(8-11)4(9)10/h1-2,7,11H,6H2,(H,9,10). The Morgan fingerprint density at radius 2 is 2.42 bits per heavy atom. The van der Waals surface area contributed by atoms with Crippen LogP contribution in [0.3, 0.4) is 0 Å². The highest BCUT2D eigenvalue weighted by Gasteiger charge is 2.38. The van der Waals surface area contributed by atoms with Gasteiger partial charge in [-0.25, -0.2) is 4.79 Å². The van der Waals surface area contributed by atoms with Gasteiger partial charge in [0.1, 0.15) is 0 Å². The highest BCUT2D eigenvalue weighted by Crippen LogP contribution is 2.24. The van der Waals surface area contributed by atoms with Crippen molar-refractivity contribution in [1.82, 2.24) is 5.32 Å². The molecule has 0 aromatic heterocycles. The molecule has 1 atom stereocenters. The van der Waals surface area contributed by atoms with Crippen LogP contribution in [-0.2, 0) is 4.79 Å². The molecule has 0 amide bonds. The summed E-state index contributed by atoms with van der Waals surface area (Å²) in [4.78, 5) is 9.11. The lowest BCUT2D eigenvalue weighted by Crippen LogP contribution is -2.55. The molecule has 1 unspecified atom stereocenters. The molecule has 0 aromatic rings. The second-order valence-corrected chi connectivity index (χ2v) is 3.21. The molecule has 0 spiro atoms. The topological polar surface area (TPSA) is 108 Å². The van der Waals surface area contributed by atoms with Crippen molar-refractivity contribution in [2.24, 2.45) is 10.9 Å². The maximum atomic E-state index is 10.5. The highest BCUT2D eigenvalue weighted by atomic mass is 32.2. The Bertz CT molecular complexity index is 255. The van der Waals surface area contributed by atoms with Crippen LogP contribution in [-0.4, -0.2) is 27.0 Å². The average molecular weight is 189 g/mol. The Hall–Kier alpha value is -1.21. The van der Waals surface area contributed by atoms with Crippen molar-refractivity contribution in [3.8, 4) is 0 Å². The lowest BCUT2D eigenvalue weighted by Gasteiger charge is -2.21. The number of carboxylic acid groups (broad SMARTS) is 1. The van der Waals surface area contributed by atoms with Crippen molar-refractivity contribution in [2.75, 3.05) is 0 Å². The zero-order valence-corrected chi connectivity index (χ0v) is 6.71. The van der Waals surface area contributed by atoms with Gasteiger partial charge in [-0.2, -0.15) is 0 Å². The van der Waals surface area contributed by atoms with Gasteiger partial charge < -0.3 is 15.6 Å². The van der Waals surface area contributed by atoms with Gasteiger partial charge in [-0.05, 0) is 5.41 Å². The van der Waals surface area contributed by atoms with Crippen LogP contribution in [0.1, 0.15) is 0 Å². The van der Waals surface area contributed by atoms with Crippen LogP contribution in [0.4, 0.5) is 0 Å². The van der Waals surface area contributed by atoms with E-state index in [-0.39, 0.29) is 0 Å². The molecule has 0 aliphatic carbocycles. The van der Waals surface area contributed by atoms with Crippen molar-refractivity contribution < 1.29 is 15.1 Å². The third kappa shape index (κ3) is 1.36. The first-order valence-corrected chi connectivity index (χ1v) is 3.83. The first kappa shape index (κ1) is 8.88. The summed E-state index contributed by atoms with van der Waals surface area (Å²) in [5.74, 6) is -1.36. The Kier molecular flexibility index (Phi) is 2.25. The third-order valence-corrected chi connectivity index (χ3v) is 2.23. The van der Waals surface area contributed by atoms with Crippen molar-refractivity contribution in [2.45, 2.75) is 4.99 Å². The van der Waals surface area contributed by atoms with Gasteiger partial charge in [0.05, 0.1) is 0 Å². The van der Waals surface area contributed by atoms with Gasteiger partial charge in [0.25, 0.3) is 0 Å². The molecule has 1 rings (SSSR count). The molecule has 0 aromatic carbocycles. The number of nitrogens with two attached hydrogens (primary N) is 1. The van der Waals surface area contributed by atoms with Gasteiger partial charge in [0.15, 0.2) is 4.99 Å². The summed E-state index contributed by atoms with van der Waals surface area (Å²) in [7, 11) is 0. The minimum Gasteiger partial charge on any atom is -0.477 e. The molecular formula is C5H7N3O3S. The van der Waals surface area contributed by atoms with E-state index in [4.69, 9.17) is 16.0 Å². The van der Waals surface area contributed by atoms with Crippen LogP contribution in [0.2, 0.25) is 0 Å². The number of nitrogens with zero attached hydrogens (tertiary/aromatic N) is 1. The van der Waals surface area contributed by atoms with E-state index < -0.39 is 16.7 Å². The number of nitrogens with one attached hydrogen (secondary N) is 1. The molecular weight excluding hydrogens is 182 g/mol. The normalized spacial score (nSPS) is 28.6. The number of hydrogen-bond donors (Lipinski definition) is 4. The smallest absolute Gasteiger partial charge is 0.358 e. The van der Waals surface area contributed by atoms with Crippen LogP contribution in [0.15, 0.2) is 16.8 Å². The minimum absolute atomic E-state index is 0.530. The van der Waals surface area contributed by atoms with Crippen molar-refractivity contribution in [1.29, 1.82) is 0 Å². The fourth-order valence-corrected chi connectivity index (χ4v) is 1.46. The molecule has 0 fully saturated rings. The number of hydrogen-bond acceptors (Lipinski definition) is 6. The summed E-state index contributed by atoms with van der Waals surface area (Å²) in [6, 6.07) is 0. The Morgan fingerprint density at radius 3 is 2.75 bits per heavy atom. The number of carboxylic acids is 1. The van der Waals surface area contributed by atoms with E-state index in [2.05, 4.69) is 10.5 Å². The van der Waals surface area contributed by atoms with Gasteiger partial charge >= 0.3 is 5.97 Å². The molecule has 0 saturated heterocycles. The molecule has 6 nitrogen and oxygen atoms in total. The second kappa shape index (κ2) is 3.03.